The zero-order valence-electron chi connectivity index (χ0n) is 12.4. The van der Waals surface area contributed by atoms with E-state index < -0.39 is 0 Å². The first-order valence-corrected chi connectivity index (χ1v) is 8.48. The molecule has 1 atom stereocenters. The average molecular weight is 328 g/mol. The Morgan fingerprint density at radius 3 is 3.04 bits per heavy atom. The number of benzene rings is 1. The summed E-state index contributed by atoms with van der Waals surface area (Å²) >= 11 is 0.973. The number of rotatable bonds is 3. The third-order valence-corrected chi connectivity index (χ3v) is 5.08. The minimum Gasteiger partial charge on any atom is -0.376 e. The van der Waals surface area contributed by atoms with Crippen molar-refractivity contribution in [3.63, 3.8) is 0 Å². The molecular weight excluding hydrogens is 312 g/mol. The number of aromatic amines is 1. The summed E-state index contributed by atoms with van der Waals surface area (Å²) in [6.07, 6.45) is 2.10. The molecule has 3 heterocycles. The van der Waals surface area contributed by atoms with Gasteiger partial charge in [-0.05, 0) is 25.0 Å². The summed E-state index contributed by atoms with van der Waals surface area (Å²) in [4.78, 5) is 28.2. The fourth-order valence-electron chi connectivity index (χ4n) is 3.00. The summed E-state index contributed by atoms with van der Waals surface area (Å²) in [5.74, 6) is -0.213. The lowest BCUT2D eigenvalue weighted by atomic mass is 10.2. The lowest BCUT2D eigenvalue weighted by Gasteiger charge is -2.10. The zero-order valence-corrected chi connectivity index (χ0v) is 13.2. The molecule has 3 aromatic rings. The van der Waals surface area contributed by atoms with Crippen molar-refractivity contribution in [1.82, 2.24) is 10.3 Å². The first kappa shape index (κ1) is 14.4. The van der Waals surface area contributed by atoms with Crippen molar-refractivity contribution in [2.75, 3.05) is 13.2 Å². The number of aromatic nitrogens is 1. The molecule has 118 valence electrons. The molecule has 1 fully saturated rings. The summed E-state index contributed by atoms with van der Waals surface area (Å²) < 4.78 is 5.38. The maximum Gasteiger partial charge on any atom is 0.261 e. The van der Waals surface area contributed by atoms with E-state index in [0.717, 1.165) is 47.1 Å². The average Bonchev–Trinajstić information content (AvgIpc) is 3.20. The molecule has 1 aliphatic rings. The van der Waals surface area contributed by atoms with Crippen molar-refractivity contribution in [3.8, 4) is 0 Å². The highest BCUT2D eigenvalue weighted by atomic mass is 32.1. The van der Waals surface area contributed by atoms with Gasteiger partial charge in [0.2, 0.25) is 0 Å². The minimum atomic E-state index is -0.213. The Kier molecular flexibility index (Phi) is 3.63. The van der Waals surface area contributed by atoms with Crippen molar-refractivity contribution in [2.24, 2.45) is 0 Å². The molecule has 2 N–H and O–H groups in total. The SMILES string of the molecule is O=C(NCC1CCCO1)c1cc2c([nH]c3ccccc32)c(=O)s1. The van der Waals surface area contributed by atoms with Crippen molar-refractivity contribution >= 4 is 39.0 Å². The van der Waals surface area contributed by atoms with Gasteiger partial charge in [0, 0.05) is 29.4 Å². The first-order valence-electron chi connectivity index (χ1n) is 7.67. The second kappa shape index (κ2) is 5.79. The Hall–Kier alpha value is -2.18. The van der Waals surface area contributed by atoms with E-state index >= 15 is 0 Å². The highest BCUT2D eigenvalue weighted by Crippen LogP contribution is 2.25. The zero-order chi connectivity index (χ0) is 15.8. The summed E-state index contributed by atoms with van der Waals surface area (Å²) in [7, 11) is 0. The van der Waals surface area contributed by atoms with Crippen LogP contribution in [0.25, 0.3) is 21.8 Å². The van der Waals surface area contributed by atoms with Crippen LogP contribution in [0.4, 0.5) is 0 Å². The van der Waals surface area contributed by atoms with E-state index in [1.54, 1.807) is 6.07 Å². The van der Waals surface area contributed by atoms with Crippen LogP contribution in [0.3, 0.4) is 0 Å². The van der Waals surface area contributed by atoms with Crippen LogP contribution in [0, 0.1) is 0 Å². The van der Waals surface area contributed by atoms with Crippen molar-refractivity contribution in [2.45, 2.75) is 18.9 Å². The van der Waals surface area contributed by atoms with Gasteiger partial charge in [-0.2, -0.15) is 0 Å². The molecule has 2 aromatic heterocycles. The number of amides is 1. The standard InChI is InChI=1S/C17H16N2O3S/c20-16(18-9-10-4-3-7-22-10)14-8-12-11-5-1-2-6-13(11)19-15(12)17(21)23-14/h1-2,5-6,8,10,19H,3-4,7,9H2,(H,18,20). The molecule has 1 amide bonds. The summed E-state index contributed by atoms with van der Waals surface area (Å²) in [5.41, 5.74) is 1.47. The van der Waals surface area contributed by atoms with Crippen molar-refractivity contribution in [1.29, 1.82) is 0 Å². The van der Waals surface area contributed by atoms with Gasteiger partial charge < -0.3 is 15.0 Å². The van der Waals surface area contributed by atoms with E-state index in [4.69, 9.17) is 4.74 Å². The Balaban J connectivity index is 1.68. The van der Waals surface area contributed by atoms with Crippen LogP contribution in [0.15, 0.2) is 35.1 Å². The van der Waals surface area contributed by atoms with Gasteiger partial charge in [-0.3, -0.25) is 9.59 Å². The number of carbonyl (C=O) groups excluding carboxylic acids is 1. The molecule has 1 unspecified atom stereocenters. The first-order chi connectivity index (χ1) is 11.2. The number of H-pyrrole nitrogens is 1. The van der Waals surface area contributed by atoms with E-state index in [1.807, 2.05) is 24.3 Å². The fraction of sp³-hybridized carbons (Fsp3) is 0.294. The number of carbonyl (C=O) groups is 1. The van der Waals surface area contributed by atoms with Crippen molar-refractivity contribution in [3.05, 3.63) is 44.7 Å². The summed E-state index contributed by atoms with van der Waals surface area (Å²) in [5, 5.41) is 4.63. The predicted octanol–water partition coefficient (Wildman–Crippen LogP) is 2.65. The van der Waals surface area contributed by atoms with Crippen LogP contribution >= 0.6 is 11.3 Å². The number of hydrogen-bond acceptors (Lipinski definition) is 4. The van der Waals surface area contributed by atoms with Crippen LogP contribution < -0.4 is 10.1 Å². The molecule has 1 aromatic carbocycles. The van der Waals surface area contributed by atoms with E-state index in [1.165, 1.54) is 0 Å². The molecule has 5 nitrogen and oxygen atoms in total. The maximum absolute atomic E-state index is 12.3. The molecule has 1 aliphatic heterocycles. The van der Waals surface area contributed by atoms with Crippen LogP contribution in [-0.2, 0) is 4.74 Å². The predicted molar refractivity (Wildman–Crippen MR) is 91.3 cm³/mol. The molecule has 0 spiro atoms. The Morgan fingerprint density at radius 2 is 2.22 bits per heavy atom. The lowest BCUT2D eigenvalue weighted by molar-refractivity contribution is 0.0861. The highest BCUT2D eigenvalue weighted by Gasteiger charge is 2.18. The van der Waals surface area contributed by atoms with Crippen LogP contribution in [0.1, 0.15) is 22.5 Å². The van der Waals surface area contributed by atoms with Gasteiger partial charge in [0.15, 0.2) is 0 Å². The van der Waals surface area contributed by atoms with Gasteiger partial charge in [-0.1, -0.05) is 29.5 Å². The smallest absolute Gasteiger partial charge is 0.261 e. The summed E-state index contributed by atoms with van der Waals surface area (Å²) in [6.45, 7) is 1.25. The molecule has 23 heavy (non-hydrogen) atoms. The topological polar surface area (TPSA) is 71.2 Å². The molecular formula is C17H16N2O3S. The van der Waals surface area contributed by atoms with Gasteiger partial charge >= 0.3 is 0 Å². The van der Waals surface area contributed by atoms with E-state index in [-0.39, 0.29) is 16.8 Å². The third-order valence-electron chi connectivity index (χ3n) is 4.17. The number of hydrogen-bond donors (Lipinski definition) is 2. The van der Waals surface area contributed by atoms with Gasteiger partial charge in [-0.25, -0.2) is 0 Å². The fourth-order valence-corrected chi connectivity index (χ4v) is 3.80. The lowest BCUT2D eigenvalue weighted by Crippen LogP contribution is -2.31. The largest absolute Gasteiger partial charge is 0.376 e. The van der Waals surface area contributed by atoms with Gasteiger partial charge in [-0.15, -0.1) is 0 Å². The molecule has 1 saturated heterocycles. The Morgan fingerprint density at radius 1 is 1.35 bits per heavy atom. The Bertz CT molecular complexity index is 938. The normalized spacial score (nSPS) is 17.8. The number of para-hydroxylation sites is 1. The van der Waals surface area contributed by atoms with Gasteiger partial charge in [0.05, 0.1) is 11.0 Å². The molecule has 0 saturated carbocycles. The molecule has 4 rings (SSSR count). The second-order valence-electron chi connectivity index (χ2n) is 5.70. The third kappa shape index (κ3) is 2.64. The van der Waals surface area contributed by atoms with E-state index in [9.17, 15) is 9.59 Å². The van der Waals surface area contributed by atoms with Crippen molar-refractivity contribution < 1.29 is 9.53 Å². The maximum atomic E-state index is 12.3. The minimum absolute atomic E-state index is 0.0903. The molecule has 0 aliphatic carbocycles. The van der Waals surface area contributed by atoms with Gasteiger partial charge in [0.1, 0.15) is 5.52 Å². The number of nitrogens with one attached hydrogen (secondary N) is 2. The van der Waals surface area contributed by atoms with E-state index in [0.29, 0.717) is 16.9 Å². The van der Waals surface area contributed by atoms with Crippen LogP contribution in [0.2, 0.25) is 0 Å². The van der Waals surface area contributed by atoms with Gasteiger partial charge in [0.25, 0.3) is 10.6 Å². The summed E-state index contributed by atoms with van der Waals surface area (Å²) in [6, 6.07) is 9.52. The highest BCUT2D eigenvalue weighted by molar-refractivity contribution is 7.12. The molecule has 0 bridgehead atoms. The number of ether oxygens (including phenoxy) is 1. The quantitative estimate of drug-likeness (QED) is 0.776. The second-order valence-corrected chi connectivity index (χ2v) is 6.72. The molecule has 0 radical (unpaired) electrons. The Labute approximate surface area is 136 Å². The molecule has 6 heteroatoms. The van der Waals surface area contributed by atoms with E-state index in [2.05, 4.69) is 10.3 Å². The monoisotopic (exact) mass is 328 g/mol. The van der Waals surface area contributed by atoms with Crippen LogP contribution in [0.5, 0.6) is 0 Å². The van der Waals surface area contributed by atoms with Crippen LogP contribution in [-0.4, -0.2) is 30.1 Å². The number of fused-ring (bicyclic) bond motifs is 3.